The van der Waals surface area contributed by atoms with Gasteiger partial charge in [0.1, 0.15) is 0 Å². The molecule has 4 rings (SSSR count). The molecule has 6 nitrogen and oxygen atoms in total. The Kier molecular flexibility index (Phi) is 8.24. The number of halogens is 2. The lowest BCUT2D eigenvalue weighted by Crippen LogP contribution is -2.06. The van der Waals surface area contributed by atoms with Crippen LogP contribution in [0.5, 0.6) is 0 Å². The zero-order valence-electron chi connectivity index (χ0n) is 18.2. The fourth-order valence-corrected chi connectivity index (χ4v) is 4.40. The van der Waals surface area contributed by atoms with Crippen molar-refractivity contribution in [1.82, 2.24) is 4.57 Å². The third-order valence-electron chi connectivity index (χ3n) is 5.30. The van der Waals surface area contributed by atoms with E-state index in [-0.39, 0.29) is 10.6 Å². The summed E-state index contributed by atoms with van der Waals surface area (Å²) < 4.78 is 23.5. The van der Waals surface area contributed by atoms with Gasteiger partial charge in [-0.15, -0.1) is 0 Å². The fraction of sp³-hybridized carbons (Fsp3) is 0.120. The van der Waals surface area contributed by atoms with Crippen LogP contribution >= 0.6 is 23.2 Å². The molecule has 1 heterocycles. The highest BCUT2D eigenvalue weighted by atomic mass is 35.5. The van der Waals surface area contributed by atoms with Gasteiger partial charge in [-0.1, -0.05) is 41.4 Å². The largest absolute Gasteiger partial charge is 0.465 e. The Bertz CT molecular complexity index is 1450. The first-order valence-corrected chi connectivity index (χ1v) is 11.4. The average Bonchev–Trinajstić information content (AvgIpc) is 3.21. The van der Waals surface area contributed by atoms with E-state index in [9.17, 15) is 10.1 Å². The van der Waals surface area contributed by atoms with Crippen molar-refractivity contribution < 1.29 is 17.9 Å². The van der Waals surface area contributed by atoms with Gasteiger partial charge in [-0.3, -0.25) is 0 Å². The molecule has 1 aromatic heterocycles. The summed E-state index contributed by atoms with van der Waals surface area (Å²) in [4.78, 5) is 12.1. The molecule has 0 fully saturated rings. The lowest BCUT2D eigenvalue weighted by molar-refractivity contribution is 0.0601. The van der Waals surface area contributed by atoms with Gasteiger partial charge in [0.05, 0.1) is 34.8 Å². The molecule has 0 saturated heterocycles. The molecule has 0 atom stereocenters. The maximum absolute atomic E-state index is 12.1. The predicted molar refractivity (Wildman–Crippen MR) is 132 cm³/mol. The molecule has 3 aromatic carbocycles. The van der Waals surface area contributed by atoms with Gasteiger partial charge in [-0.05, 0) is 60.5 Å². The van der Waals surface area contributed by atoms with E-state index >= 15 is 0 Å². The molecule has 0 aliphatic carbocycles. The summed E-state index contributed by atoms with van der Waals surface area (Å²) >= 11 is 12.3. The number of hydrogen-bond donors (Lipinski definition) is 0. The second-order valence-corrected chi connectivity index (χ2v) is 8.19. The maximum atomic E-state index is 12.1. The molecule has 4 aromatic rings. The number of carbonyl (C=O) groups excluding carboxylic acids is 1. The van der Waals surface area contributed by atoms with Gasteiger partial charge in [-0.2, -0.15) is 13.7 Å². The molecule has 0 saturated carbocycles. The van der Waals surface area contributed by atoms with Crippen LogP contribution in [0.3, 0.4) is 0 Å². The van der Waals surface area contributed by atoms with E-state index < -0.39 is 17.5 Å². The highest BCUT2D eigenvalue weighted by molar-refractivity contribution is 7.51. The van der Waals surface area contributed by atoms with E-state index in [2.05, 4.69) is 16.7 Å². The Morgan fingerprint density at radius 2 is 1.76 bits per heavy atom. The van der Waals surface area contributed by atoms with Gasteiger partial charge in [0.25, 0.3) is 0 Å². The first-order chi connectivity index (χ1) is 16.4. The third-order valence-corrected chi connectivity index (χ3v) is 6.08. The van der Waals surface area contributed by atoms with Crippen molar-refractivity contribution in [3.05, 3.63) is 98.7 Å². The quantitative estimate of drug-likeness (QED) is 0.321. The smallest absolute Gasteiger partial charge is 0.339 e. The maximum Gasteiger partial charge on any atom is 0.339 e. The highest BCUT2D eigenvalue weighted by Crippen LogP contribution is 2.34. The number of esters is 1. The van der Waals surface area contributed by atoms with Crippen molar-refractivity contribution in [3.63, 3.8) is 0 Å². The summed E-state index contributed by atoms with van der Waals surface area (Å²) in [6, 6.07) is 21.2. The van der Waals surface area contributed by atoms with Crippen LogP contribution in [0.2, 0.25) is 10.0 Å². The summed E-state index contributed by atoms with van der Waals surface area (Å²) in [5.74, 6) is -0.513. The van der Waals surface area contributed by atoms with Crippen LogP contribution in [0.1, 0.15) is 32.7 Å². The van der Waals surface area contributed by atoms with Gasteiger partial charge in [-0.25, -0.2) is 4.79 Å². The van der Waals surface area contributed by atoms with Crippen LogP contribution < -0.4 is 0 Å². The average molecular weight is 513 g/mol. The first-order valence-electron chi connectivity index (χ1n) is 9.93. The summed E-state index contributed by atoms with van der Waals surface area (Å²) in [6.45, 7) is 1.99. The molecular weight excluding hydrogens is 495 g/mol. The van der Waals surface area contributed by atoms with Crippen LogP contribution in [0.25, 0.3) is 16.6 Å². The number of nitrogens with zero attached hydrogens (tertiary/aromatic N) is 2. The molecule has 0 amide bonds. The lowest BCUT2D eigenvalue weighted by atomic mass is 10.0. The summed E-state index contributed by atoms with van der Waals surface area (Å²) in [7, 11) is 1.32. The summed E-state index contributed by atoms with van der Waals surface area (Å²) in [5.41, 5.74) is 5.33. The molecule has 9 heteroatoms. The zero-order chi connectivity index (χ0) is 24.8. The Balaban J connectivity index is 0.00000103. The summed E-state index contributed by atoms with van der Waals surface area (Å²) in [5, 5.41) is 11.2. The zero-order valence-corrected chi connectivity index (χ0v) is 20.5. The first kappa shape index (κ1) is 25.2. The van der Waals surface area contributed by atoms with Crippen molar-refractivity contribution in [3.8, 4) is 11.8 Å². The molecule has 0 aliphatic heterocycles. The lowest BCUT2D eigenvalue weighted by Gasteiger charge is -2.14. The Labute approximate surface area is 209 Å². The standard InChI is InChI=1S/C25H18Cl2N2O2.O2S/c1-15-10-16(14-28)11-23-20(15)12-18(29(23)17-6-4-3-5-7-17)13-21-22(26)9-8-19(24(21)27)25(30)31-2;1-3-2/h3-12H,13H2,1-2H3;. The molecule has 0 spiro atoms. The number of aryl methyl sites for hydroxylation is 1. The molecule has 0 aliphatic rings. The number of aromatic nitrogens is 1. The molecule has 0 radical (unpaired) electrons. The second kappa shape index (κ2) is 11.1. The van der Waals surface area contributed by atoms with Gasteiger partial charge in [0.2, 0.25) is 0 Å². The monoisotopic (exact) mass is 512 g/mol. The van der Waals surface area contributed by atoms with Gasteiger partial charge < -0.3 is 9.30 Å². The van der Waals surface area contributed by atoms with E-state index in [4.69, 9.17) is 36.4 Å². The van der Waals surface area contributed by atoms with Crippen LogP contribution in [0.15, 0.2) is 60.7 Å². The molecule has 0 N–H and O–H groups in total. The Morgan fingerprint density at radius 3 is 2.38 bits per heavy atom. The van der Waals surface area contributed by atoms with Crippen molar-refractivity contribution in [2.75, 3.05) is 7.11 Å². The number of fused-ring (bicyclic) bond motifs is 1. The van der Waals surface area contributed by atoms with E-state index in [0.29, 0.717) is 22.6 Å². The SMILES string of the molecule is COC(=O)c1ccc(Cl)c(Cc2cc3c(C)cc(C#N)cc3n2-c2ccccc2)c1Cl.O=S=O. The fourth-order valence-electron chi connectivity index (χ4n) is 3.82. The molecular formula is C25H18Cl2N2O4S. The minimum atomic E-state index is -0.750. The van der Waals surface area contributed by atoms with Crippen molar-refractivity contribution in [2.45, 2.75) is 13.3 Å². The number of benzene rings is 3. The number of hydrogen-bond acceptors (Lipinski definition) is 5. The molecule has 0 unspecified atom stereocenters. The normalized spacial score (nSPS) is 10.2. The summed E-state index contributed by atoms with van der Waals surface area (Å²) in [6.07, 6.45) is 0.396. The van der Waals surface area contributed by atoms with E-state index in [0.717, 1.165) is 27.8 Å². The predicted octanol–water partition coefficient (Wildman–Crippen LogP) is 5.82. The number of carbonyl (C=O) groups is 1. The van der Waals surface area contributed by atoms with Crippen molar-refractivity contribution in [1.29, 1.82) is 5.26 Å². The molecule has 172 valence electrons. The van der Waals surface area contributed by atoms with Crippen LogP contribution in [-0.2, 0) is 22.7 Å². The Morgan fingerprint density at radius 1 is 1.09 bits per heavy atom. The number of rotatable bonds is 4. The molecule has 0 bridgehead atoms. The highest BCUT2D eigenvalue weighted by Gasteiger charge is 2.20. The Hall–Kier alpha value is -3.44. The van der Waals surface area contributed by atoms with Crippen molar-refractivity contribution in [2.24, 2.45) is 0 Å². The van der Waals surface area contributed by atoms with Crippen LogP contribution in [0, 0.1) is 18.3 Å². The van der Waals surface area contributed by atoms with Gasteiger partial charge in [0, 0.05) is 28.2 Å². The van der Waals surface area contributed by atoms with E-state index in [1.54, 1.807) is 12.1 Å². The van der Waals surface area contributed by atoms with Crippen molar-refractivity contribution >= 4 is 51.6 Å². The minimum absolute atomic E-state index is 0.272. The number of para-hydroxylation sites is 1. The minimum Gasteiger partial charge on any atom is -0.465 e. The molecule has 34 heavy (non-hydrogen) atoms. The van der Waals surface area contributed by atoms with E-state index in [1.807, 2.05) is 49.4 Å². The van der Waals surface area contributed by atoms with Crippen LogP contribution in [-0.4, -0.2) is 26.1 Å². The third kappa shape index (κ3) is 5.05. The second-order valence-electron chi connectivity index (χ2n) is 7.27. The van der Waals surface area contributed by atoms with E-state index in [1.165, 1.54) is 7.11 Å². The number of methoxy groups -OCH3 is 1. The van der Waals surface area contributed by atoms with Gasteiger partial charge in [0.15, 0.2) is 0 Å². The number of nitriles is 1. The number of ether oxygens (including phenoxy) is 1. The van der Waals surface area contributed by atoms with Gasteiger partial charge >= 0.3 is 17.5 Å². The van der Waals surface area contributed by atoms with Crippen LogP contribution in [0.4, 0.5) is 0 Å². The topological polar surface area (TPSA) is 89.2 Å².